The molecule has 0 bridgehead atoms. The molecule has 15 heavy (non-hydrogen) atoms. The van der Waals surface area contributed by atoms with E-state index in [-0.39, 0.29) is 0 Å². The Morgan fingerprint density at radius 3 is 2.40 bits per heavy atom. The summed E-state index contributed by atoms with van der Waals surface area (Å²) in [4.78, 5) is 0. The van der Waals surface area contributed by atoms with Gasteiger partial charge in [0.25, 0.3) is 0 Å². The molecule has 0 aliphatic heterocycles. The molecule has 0 saturated heterocycles. The van der Waals surface area contributed by atoms with Gasteiger partial charge in [-0.3, -0.25) is 0 Å². The van der Waals surface area contributed by atoms with Crippen LogP contribution in [0.25, 0.3) is 0 Å². The Morgan fingerprint density at radius 1 is 1.13 bits per heavy atom. The molecule has 0 aromatic heterocycles. The summed E-state index contributed by atoms with van der Waals surface area (Å²) in [7, 11) is 3.74. The van der Waals surface area contributed by atoms with Crippen LogP contribution in [0.2, 0.25) is 0 Å². The highest BCUT2D eigenvalue weighted by Gasteiger charge is 2.07. The van der Waals surface area contributed by atoms with Gasteiger partial charge in [0.05, 0.1) is 13.2 Å². The predicted molar refractivity (Wildman–Crippen MR) is 64.2 cm³/mol. The van der Waals surface area contributed by atoms with Crippen LogP contribution < -0.4 is 5.32 Å². The fourth-order valence-corrected chi connectivity index (χ4v) is 1.63. The number of ether oxygens (including phenoxy) is 2. The smallest absolute Gasteiger partial charge is 0.0700 e. The second-order valence-electron chi connectivity index (χ2n) is 4.36. The summed E-state index contributed by atoms with van der Waals surface area (Å²) < 4.78 is 10.3. The van der Waals surface area contributed by atoms with Crippen LogP contribution in [0, 0.1) is 5.92 Å². The van der Waals surface area contributed by atoms with E-state index in [1.165, 1.54) is 12.8 Å². The number of nitrogens with one attached hydrogen (secondary N) is 1. The van der Waals surface area contributed by atoms with Gasteiger partial charge in [-0.1, -0.05) is 13.8 Å². The van der Waals surface area contributed by atoms with Gasteiger partial charge in [0.15, 0.2) is 0 Å². The minimum absolute atomic E-state index is 0.635. The van der Waals surface area contributed by atoms with Gasteiger partial charge in [0.1, 0.15) is 0 Å². The van der Waals surface area contributed by atoms with Crippen molar-refractivity contribution in [3.05, 3.63) is 0 Å². The van der Waals surface area contributed by atoms with Gasteiger partial charge >= 0.3 is 0 Å². The molecule has 0 saturated carbocycles. The van der Waals surface area contributed by atoms with Crippen LogP contribution in [0.3, 0.4) is 0 Å². The highest BCUT2D eigenvalue weighted by atomic mass is 16.5. The lowest BCUT2D eigenvalue weighted by Crippen LogP contribution is -2.27. The van der Waals surface area contributed by atoms with Crippen molar-refractivity contribution in [2.24, 2.45) is 5.92 Å². The zero-order valence-electron chi connectivity index (χ0n) is 10.7. The van der Waals surface area contributed by atoms with Crippen LogP contribution in [0.1, 0.15) is 33.1 Å². The summed E-state index contributed by atoms with van der Waals surface area (Å²) >= 11 is 0. The van der Waals surface area contributed by atoms with Gasteiger partial charge in [0.2, 0.25) is 0 Å². The molecular formula is C12H27NO2. The summed E-state index contributed by atoms with van der Waals surface area (Å²) in [6.07, 6.45) is 3.57. The first-order chi connectivity index (χ1) is 7.20. The molecule has 0 aliphatic rings. The molecule has 0 aliphatic carbocycles. The van der Waals surface area contributed by atoms with Crippen molar-refractivity contribution in [3.8, 4) is 0 Å². The molecule has 92 valence electrons. The molecule has 1 atom stereocenters. The van der Waals surface area contributed by atoms with Gasteiger partial charge in [-0.15, -0.1) is 0 Å². The lowest BCUT2D eigenvalue weighted by molar-refractivity contribution is 0.0676. The van der Waals surface area contributed by atoms with Crippen molar-refractivity contribution in [3.63, 3.8) is 0 Å². The van der Waals surface area contributed by atoms with Crippen LogP contribution in [-0.4, -0.2) is 40.0 Å². The first kappa shape index (κ1) is 14.9. The summed E-state index contributed by atoms with van der Waals surface area (Å²) in [5, 5.41) is 3.36. The zero-order chi connectivity index (χ0) is 11.5. The van der Waals surface area contributed by atoms with Crippen molar-refractivity contribution in [2.75, 3.05) is 34.0 Å². The average Bonchev–Trinajstić information content (AvgIpc) is 2.20. The molecule has 0 spiro atoms. The minimum atomic E-state index is 0.635. The third-order valence-corrected chi connectivity index (χ3v) is 2.44. The Bertz CT molecular complexity index is 129. The maximum Gasteiger partial charge on any atom is 0.0700 e. The predicted octanol–water partition coefficient (Wildman–Crippen LogP) is 2.06. The third kappa shape index (κ3) is 10.2. The number of rotatable bonds is 10. The van der Waals surface area contributed by atoms with E-state index in [1.807, 2.05) is 7.05 Å². The first-order valence-corrected chi connectivity index (χ1v) is 5.94. The van der Waals surface area contributed by atoms with Crippen LogP contribution in [0.5, 0.6) is 0 Å². The zero-order valence-corrected chi connectivity index (χ0v) is 10.7. The average molecular weight is 217 g/mol. The monoisotopic (exact) mass is 217 g/mol. The van der Waals surface area contributed by atoms with Crippen molar-refractivity contribution < 1.29 is 9.47 Å². The molecule has 0 rings (SSSR count). The second-order valence-corrected chi connectivity index (χ2v) is 4.36. The summed E-state index contributed by atoms with van der Waals surface area (Å²) in [5.74, 6) is 0.761. The molecule has 3 heteroatoms. The molecule has 3 nitrogen and oxygen atoms in total. The van der Waals surface area contributed by atoms with E-state index in [9.17, 15) is 0 Å². The van der Waals surface area contributed by atoms with E-state index in [0.717, 1.165) is 18.9 Å². The molecule has 1 N–H and O–H groups in total. The maximum atomic E-state index is 5.42. The maximum absolute atomic E-state index is 5.42. The van der Waals surface area contributed by atoms with Crippen LogP contribution >= 0.6 is 0 Å². The van der Waals surface area contributed by atoms with Gasteiger partial charge in [-0.2, -0.15) is 0 Å². The largest absolute Gasteiger partial charge is 0.382 e. The third-order valence-electron chi connectivity index (χ3n) is 2.44. The van der Waals surface area contributed by atoms with Gasteiger partial charge in [0, 0.05) is 19.8 Å². The van der Waals surface area contributed by atoms with E-state index in [1.54, 1.807) is 7.11 Å². The van der Waals surface area contributed by atoms with Crippen molar-refractivity contribution in [2.45, 2.75) is 39.2 Å². The Labute approximate surface area is 94.5 Å². The number of hydrogen-bond acceptors (Lipinski definition) is 3. The van der Waals surface area contributed by atoms with Crippen molar-refractivity contribution >= 4 is 0 Å². The van der Waals surface area contributed by atoms with E-state index < -0.39 is 0 Å². The first-order valence-electron chi connectivity index (χ1n) is 5.94. The topological polar surface area (TPSA) is 30.5 Å². The fourth-order valence-electron chi connectivity index (χ4n) is 1.63. The molecule has 0 heterocycles. The number of methoxy groups -OCH3 is 1. The molecule has 1 unspecified atom stereocenters. The molecule has 0 radical (unpaired) electrons. The van der Waals surface area contributed by atoms with Crippen molar-refractivity contribution in [1.29, 1.82) is 0 Å². The van der Waals surface area contributed by atoms with Gasteiger partial charge in [-0.25, -0.2) is 0 Å². The highest BCUT2D eigenvalue weighted by molar-refractivity contribution is 4.66. The Kier molecular flexibility index (Phi) is 10.3. The van der Waals surface area contributed by atoms with E-state index >= 15 is 0 Å². The van der Waals surface area contributed by atoms with Crippen LogP contribution in [0.4, 0.5) is 0 Å². The molecular weight excluding hydrogens is 190 g/mol. The Morgan fingerprint density at radius 2 is 1.87 bits per heavy atom. The fraction of sp³-hybridized carbons (Fsp3) is 1.00. The summed E-state index contributed by atoms with van der Waals surface area (Å²) in [6.45, 7) is 6.78. The SMILES string of the molecule is CNC(CCCOCCOC)CC(C)C. The van der Waals surface area contributed by atoms with Crippen LogP contribution in [0.15, 0.2) is 0 Å². The van der Waals surface area contributed by atoms with E-state index in [0.29, 0.717) is 19.3 Å². The summed E-state index contributed by atoms with van der Waals surface area (Å²) in [6, 6.07) is 0.635. The molecule has 0 amide bonds. The van der Waals surface area contributed by atoms with E-state index in [2.05, 4.69) is 19.2 Å². The number of hydrogen-bond donors (Lipinski definition) is 1. The van der Waals surface area contributed by atoms with Crippen LogP contribution in [-0.2, 0) is 9.47 Å². The quantitative estimate of drug-likeness (QED) is 0.568. The molecule has 0 fully saturated rings. The van der Waals surface area contributed by atoms with Gasteiger partial charge < -0.3 is 14.8 Å². The Balaban J connectivity index is 3.30. The van der Waals surface area contributed by atoms with Gasteiger partial charge in [-0.05, 0) is 32.2 Å². The highest BCUT2D eigenvalue weighted by Crippen LogP contribution is 2.09. The lowest BCUT2D eigenvalue weighted by Gasteiger charge is -2.18. The Hall–Kier alpha value is -0.120. The minimum Gasteiger partial charge on any atom is -0.382 e. The second kappa shape index (κ2) is 10.4. The molecule has 0 aromatic rings. The summed E-state index contributed by atoms with van der Waals surface area (Å²) in [5.41, 5.74) is 0. The normalized spacial score (nSPS) is 13.4. The van der Waals surface area contributed by atoms with Crippen molar-refractivity contribution in [1.82, 2.24) is 5.32 Å². The lowest BCUT2D eigenvalue weighted by atomic mass is 10.0. The van der Waals surface area contributed by atoms with E-state index in [4.69, 9.17) is 9.47 Å². The molecule has 0 aromatic carbocycles. The standard InChI is InChI=1S/C12H27NO2/c1-11(2)10-12(13-3)6-5-7-15-9-8-14-4/h11-13H,5-10H2,1-4H3.